The Balaban J connectivity index is 2.07. The highest BCUT2D eigenvalue weighted by atomic mass is 35.5. The van der Waals surface area contributed by atoms with E-state index in [1.165, 1.54) is 42.2 Å². The van der Waals surface area contributed by atoms with Gasteiger partial charge in [0.15, 0.2) is 0 Å². The summed E-state index contributed by atoms with van der Waals surface area (Å²) in [6.45, 7) is 6.09. The van der Waals surface area contributed by atoms with Crippen LogP contribution in [0.2, 0.25) is 5.02 Å². The molecular weight excluding hydrogens is 541 g/mol. The molecule has 0 saturated carbocycles. The Kier molecular flexibility index (Phi) is 10.1. The molecule has 7 nitrogen and oxygen atoms in total. The zero-order valence-electron chi connectivity index (χ0n) is 22.4. The van der Waals surface area contributed by atoms with Crippen molar-refractivity contribution in [3.05, 3.63) is 94.8 Å². The maximum Gasteiger partial charge on any atom is 0.264 e. The van der Waals surface area contributed by atoms with E-state index < -0.39 is 40.2 Å². The Bertz CT molecular complexity index is 1420. The third kappa shape index (κ3) is 7.16. The van der Waals surface area contributed by atoms with E-state index in [1.54, 1.807) is 49.4 Å². The molecule has 0 radical (unpaired) electrons. The standard InChI is InChI=1S/C29H33ClFN3O4S/c1-5-20(2)32-29(36)22(4)33(18-23-12-9-10-16-26(23)31)28(35)19-34(27-17-11-15-25(30)21(27)3)39(37,38)24-13-7-6-8-14-24/h6-17,20,22H,5,18-19H2,1-4H3,(H,32,36)/t20-,22+/m1/s1. The van der Waals surface area contributed by atoms with Gasteiger partial charge in [-0.1, -0.05) is 61.0 Å². The molecule has 208 valence electrons. The van der Waals surface area contributed by atoms with E-state index in [1.807, 2.05) is 13.8 Å². The monoisotopic (exact) mass is 573 g/mol. The number of anilines is 1. The van der Waals surface area contributed by atoms with E-state index in [-0.39, 0.29) is 28.7 Å². The topological polar surface area (TPSA) is 86.8 Å². The normalized spacial score (nSPS) is 12.9. The van der Waals surface area contributed by atoms with E-state index >= 15 is 0 Å². The van der Waals surface area contributed by atoms with E-state index in [2.05, 4.69) is 5.32 Å². The Morgan fingerprint density at radius 2 is 1.62 bits per heavy atom. The fourth-order valence-electron chi connectivity index (χ4n) is 3.96. The largest absolute Gasteiger partial charge is 0.352 e. The van der Waals surface area contributed by atoms with Crippen molar-refractivity contribution in [1.82, 2.24) is 10.2 Å². The number of amides is 2. The molecule has 3 aromatic carbocycles. The molecule has 0 aromatic heterocycles. The molecule has 0 unspecified atom stereocenters. The van der Waals surface area contributed by atoms with Crippen LogP contribution < -0.4 is 9.62 Å². The summed E-state index contributed by atoms with van der Waals surface area (Å²) in [5, 5.41) is 3.18. The molecule has 10 heteroatoms. The summed E-state index contributed by atoms with van der Waals surface area (Å²) in [5.74, 6) is -1.64. The van der Waals surface area contributed by atoms with E-state index in [9.17, 15) is 22.4 Å². The molecule has 3 rings (SSSR count). The number of hydrogen-bond acceptors (Lipinski definition) is 4. The van der Waals surface area contributed by atoms with Crippen LogP contribution >= 0.6 is 11.6 Å². The molecule has 0 aliphatic rings. The first-order valence-corrected chi connectivity index (χ1v) is 14.4. The number of carbonyl (C=O) groups is 2. The van der Waals surface area contributed by atoms with E-state index in [0.29, 0.717) is 17.0 Å². The fraction of sp³-hybridized carbons (Fsp3) is 0.310. The second kappa shape index (κ2) is 13.1. The highest BCUT2D eigenvalue weighted by Gasteiger charge is 2.33. The summed E-state index contributed by atoms with van der Waals surface area (Å²) in [4.78, 5) is 28.1. The average Bonchev–Trinajstić information content (AvgIpc) is 2.92. The second-order valence-electron chi connectivity index (χ2n) is 9.32. The van der Waals surface area contributed by atoms with Crippen LogP contribution in [0.4, 0.5) is 10.1 Å². The van der Waals surface area contributed by atoms with Crippen LogP contribution in [0, 0.1) is 12.7 Å². The van der Waals surface area contributed by atoms with Crippen LogP contribution in [0.3, 0.4) is 0 Å². The molecule has 2 atom stereocenters. The number of sulfonamides is 1. The van der Waals surface area contributed by atoms with Gasteiger partial charge in [0.1, 0.15) is 18.4 Å². The molecule has 0 aliphatic heterocycles. The number of hydrogen-bond donors (Lipinski definition) is 1. The lowest BCUT2D eigenvalue weighted by Crippen LogP contribution is -2.52. The predicted molar refractivity (Wildman–Crippen MR) is 151 cm³/mol. The highest BCUT2D eigenvalue weighted by molar-refractivity contribution is 7.92. The summed E-state index contributed by atoms with van der Waals surface area (Å²) in [6.07, 6.45) is 0.677. The van der Waals surface area contributed by atoms with Gasteiger partial charge in [-0.15, -0.1) is 0 Å². The zero-order valence-corrected chi connectivity index (χ0v) is 24.0. The fourth-order valence-corrected chi connectivity index (χ4v) is 5.62. The van der Waals surface area contributed by atoms with Gasteiger partial charge in [0.2, 0.25) is 11.8 Å². The number of carbonyl (C=O) groups excluding carboxylic acids is 2. The maximum absolute atomic E-state index is 14.6. The molecule has 2 amide bonds. The van der Waals surface area contributed by atoms with Crippen LogP contribution in [0.1, 0.15) is 38.3 Å². The van der Waals surface area contributed by atoms with Crippen molar-refractivity contribution in [1.29, 1.82) is 0 Å². The minimum atomic E-state index is -4.22. The average molecular weight is 574 g/mol. The minimum Gasteiger partial charge on any atom is -0.352 e. The van der Waals surface area contributed by atoms with Crippen LogP contribution in [0.15, 0.2) is 77.7 Å². The van der Waals surface area contributed by atoms with Crippen molar-refractivity contribution in [2.45, 2.75) is 57.6 Å². The van der Waals surface area contributed by atoms with Gasteiger partial charge in [0, 0.05) is 23.2 Å². The summed E-state index contributed by atoms with van der Waals surface area (Å²) in [6, 6.07) is 17.3. The zero-order chi connectivity index (χ0) is 28.7. The Hall–Kier alpha value is -3.43. The van der Waals surface area contributed by atoms with Crippen LogP contribution in [-0.2, 0) is 26.2 Å². The van der Waals surface area contributed by atoms with Crippen molar-refractivity contribution in [2.75, 3.05) is 10.8 Å². The molecular formula is C29H33ClFN3O4S. The van der Waals surface area contributed by atoms with Gasteiger partial charge in [-0.3, -0.25) is 13.9 Å². The molecule has 3 aromatic rings. The van der Waals surface area contributed by atoms with Crippen LogP contribution in [-0.4, -0.2) is 43.8 Å². The quantitative estimate of drug-likeness (QED) is 0.337. The third-order valence-corrected chi connectivity index (χ3v) is 8.77. The molecule has 0 spiro atoms. The van der Waals surface area contributed by atoms with Crippen LogP contribution in [0.25, 0.3) is 0 Å². The number of halogens is 2. The highest BCUT2D eigenvalue weighted by Crippen LogP contribution is 2.31. The minimum absolute atomic E-state index is 0.0135. The van der Waals surface area contributed by atoms with Gasteiger partial charge in [0.25, 0.3) is 10.0 Å². The molecule has 39 heavy (non-hydrogen) atoms. The lowest BCUT2D eigenvalue weighted by atomic mass is 10.1. The van der Waals surface area contributed by atoms with Gasteiger partial charge in [-0.25, -0.2) is 12.8 Å². The van der Waals surface area contributed by atoms with Gasteiger partial charge < -0.3 is 10.2 Å². The SMILES string of the molecule is CC[C@@H](C)NC(=O)[C@H](C)N(Cc1ccccc1F)C(=O)CN(c1cccc(Cl)c1C)S(=O)(=O)c1ccccc1. The molecule has 1 N–H and O–H groups in total. The van der Waals surface area contributed by atoms with E-state index in [4.69, 9.17) is 11.6 Å². The summed E-state index contributed by atoms with van der Waals surface area (Å²) in [7, 11) is -4.22. The predicted octanol–water partition coefficient (Wildman–Crippen LogP) is 5.31. The van der Waals surface area contributed by atoms with Gasteiger partial charge in [-0.2, -0.15) is 0 Å². The Morgan fingerprint density at radius 3 is 2.26 bits per heavy atom. The van der Waals surface area contributed by atoms with Gasteiger partial charge in [-0.05, 0) is 63.1 Å². The maximum atomic E-state index is 14.6. The Labute approximate surface area is 234 Å². The lowest BCUT2D eigenvalue weighted by Gasteiger charge is -2.33. The molecule has 0 aliphatic carbocycles. The number of benzene rings is 3. The summed E-state index contributed by atoms with van der Waals surface area (Å²) in [5.41, 5.74) is 0.891. The van der Waals surface area contributed by atoms with Crippen molar-refractivity contribution in [3.63, 3.8) is 0 Å². The van der Waals surface area contributed by atoms with Crippen LogP contribution in [0.5, 0.6) is 0 Å². The van der Waals surface area contributed by atoms with Gasteiger partial charge in [0.05, 0.1) is 10.6 Å². The first-order chi connectivity index (χ1) is 18.5. The third-order valence-electron chi connectivity index (χ3n) is 6.58. The molecule has 0 saturated heterocycles. The first-order valence-electron chi connectivity index (χ1n) is 12.6. The number of rotatable bonds is 11. The Morgan fingerprint density at radius 1 is 0.974 bits per heavy atom. The first kappa shape index (κ1) is 30.1. The smallest absolute Gasteiger partial charge is 0.264 e. The number of nitrogens with one attached hydrogen (secondary N) is 1. The van der Waals surface area contributed by atoms with E-state index in [0.717, 1.165) is 4.31 Å². The molecule has 0 bridgehead atoms. The van der Waals surface area contributed by atoms with Crippen molar-refractivity contribution in [3.8, 4) is 0 Å². The summed E-state index contributed by atoms with van der Waals surface area (Å²) >= 11 is 6.32. The lowest BCUT2D eigenvalue weighted by molar-refractivity contribution is -0.139. The van der Waals surface area contributed by atoms with Gasteiger partial charge >= 0.3 is 0 Å². The van der Waals surface area contributed by atoms with Crippen molar-refractivity contribution < 1.29 is 22.4 Å². The number of nitrogens with zero attached hydrogens (tertiary/aromatic N) is 2. The molecule has 0 heterocycles. The molecule has 0 fully saturated rings. The van der Waals surface area contributed by atoms with Crippen molar-refractivity contribution in [2.24, 2.45) is 0 Å². The second-order valence-corrected chi connectivity index (χ2v) is 11.6. The summed E-state index contributed by atoms with van der Waals surface area (Å²) < 4.78 is 43.3. The van der Waals surface area contributed by atoms with Crippen molar-refractivity contribution >= 4 is 39.1 Å².